The topological polar surface area (TPSA) is 125 Å². The summed E-state index contributed by atoms with van der Waals surface area (Å²) < 4.78 is 9.98. The molecule has 0 aliphatic heterocycles. The molecule has 15 heavy (non-hydrogen) atoms. The van der Waals surface area contributed by atoms with E-state index >= 15 is 0 Å². The lowest BCUT2D eigenvalue weighted by Gasteiger charge is -2.24. The molecule has 0 aliphatic carbocycles. The maximum atomic E-state index is 9.19. The molecule has 0 bridgehead atoms. The summed E-state index contributed by atoms with van der Waals surface area (Å²) >= 11 is 0. The molecule has 0 aromatic heterocycles. The van der Waals surface area contributed by atoms with Crippen molar-refractivity contribution in [2.24, 2.45) is 5.73 Å². The van der Waals surface area contributed by atoms with E-state index in [-0.39, 0.29) is 13.2 Å². The first-order chi connectivity index (χ1) is 7.19. The van der Waals surface area contributed by atoms with Gasteiger partial charge in [0.1, 0.15) is 12.2 Å². The molecule has 0 rings (SSSR count). The zero-order valence-electron chi connectivity index (χ0n) is 8.45. The molecule has 6 N–H and O–H groups in total. The molecule has 0 aromatic carbocycles. The fourth-order valence-electron chi connectivity index (χ4n) is 0.902. The van der Waals surface area contributed by atoms with Crippen LogP contribution in [0.15, 0.2) is 0 Å². The average molecular weight is 225 g/mol. The molecule has 0 heterocycles. The van der Waals surface area contributed by atoms with Crippen LogP contribution < -0.4 is 5.73 Å². The number of hydrogen-bond acceptors (Lipinski definition) is 7. The van der Waals surface area contributed by atoms with Crippen LogP contribution in [0.25, 0.3) is 0 Å². The van der Waals surface area contributed by atoms with Crippen LogP contribution in [0.4, 0.5) is 0 Å². The lowest BCUT2D eigenvalue weighted by atomic mass is 10.2. The maximum Gasteiger partial charge on any atom is 0.181 e. The quantitative estimate of drug-likeness (QED) is 0.265. The Kier molecular flexibility index (Phi) is 8.82. The molecule has 3 atom stereocenters. The van der Waals surface area contributed by atoms with Crippen LogP contribution >= 0.6 is 0 Å². The van der Waals surface area contributed by atoms with Gasteiger partial charge < -0.3 is 35.6 Å². The first kappa shape index (κ1) is 14.7. The molecule has 0 amide bonds. The molecular weight excluding hydrogens is 206 g/mol. The Hall–Kier alpha value is -0.280. The van der Waals surface area contributed by atoms with E-state index in [1.54, 1.807) is 0 Å². The Morgan fingerprint density at radius 2 is 1.73 bits per heavy atom. The van der Waals surface area contributed by atoms with E-state index in [9.17, 15) is 5.11 Å². The smallest absolute Gasteiger partial charge is 0.181 e. The first-order valence-corrected chi connectivity index (χ1v) is 4.67. The molecule has 7 nitrogen and oxygen atoms in total. The summed E-state index contributed by atoms with van der Waals surface area (Å²) in [6, 6.07) is 0. The molecule has 0 radical (unpaired) electrons. The van der Waals surface area contributed by atoms with Crippen molar-refractivity contribution in [2.75, 3.05) is 33.0 Å². The Bertz CT molecular complexity index is 147. The van der Waals surface area contributed by atoms with Crippen LogP contribution in [0.3, 0.4) is 0 Å². The van der Waals surface area contributed by atoms with Crippen molar-refractivity contribution in [3.8, 4) is 0 Å². The minimum absolute atomic E-state index is 0.193. The molecule has 0 saturated carbocycles. The van der Waals surface area contributed by atoms with Crippen molar-refractivity contribution in [1.29, 1.82) is 0 Å². The highest BCUT2D eigenvalue weighted by Gasteiger charge is 2.22. The van der Waals surface area contributed by atoms with E-state index in [2.05, 4.69) is 0 Å². The monoisotopic (exact) mass is 225 g/mol. The highest BCUT2D eigenvalue weighted by molar-refractivity contribution is 4.67. The summed E-state index contributed by atoms with van der Waals surface area (Å²) in [6.45, 7) is -0.982. The zero-order chi connectivity index (χ0) is 11.7. The first-order valence-electron chi connectivity index (χ1n) is 4.67. The summed E-state index contributed by atoms with van der Waals surface area (Å²) in [5, 5.41) is 35.5. The van der Waals surface area contributed by atoms with Gasteiger partial charge >= 0.3 is 0 Å². The van der Waals surface area contributed by atoms with Gasteiger partial charge in [0.25, 0.3) is 0 Å². The minimum Gasteiger partial charge on any atom is -0.394 e. The number of hydrogen-bond donors (Lipinski definition) is 5. The Morgan fingerprint density at radius 1 is 1.07 bits per heavy atom. The second kappa shape index (κ2) is 8.98. The van der Waals surface area contributed by atoms with Gasteiger partial charge in [0.2, 0.25) is 0 Å². The standard InChI is InChI=1S/C8H19NO6/c9-1-2-14-8(5-12)15-7(4-11)6(13)3-10/h6-8,10-13H,1-5,9H2. The van der Waals surface area contributed by atoms with Crippen molar-refractivity contribution in [3.05, 3.63) is 0 Å². The summed E-state index contributed by atoms with van der Waals surface area (Å²) in [5.41, 5.74) is 5.18. The molecule has 0 aliphatic rings. The number of aliphatic hydroxyl groups excluding tert-OH is 4. The lowest BCUT2D eigenvalue weighted by Crippen LogP contribution is -2.40. The van der Waals surface area contributed by atoms with Gasteiger partial charge in [-0.3, -0.25) is 0 Å². The van der Waals surface area contributed by atoms with Gasteiger partial charge in [-0.1, -0.05) is 0 Å². The van der Waals surface area contributed by atoms with Crippen LogP contribution in [-0.2, 0) is 9.47 Å². The van der Waals surface area contributed by atoms with Crippen LogP contribution in [0, 0.1) is 0 Å². The van der Waals surface area contributed by atoms with Gasteiger partial charge in [0, 0.05) is 6.54 Å². The number of nitrogens with two attached hydrogens (primary N) is 1. The van der Waals surface area contributed by atoms with Crippen molar-refractivity contribution in [1.82, 2.24) is 0 Å². The highest BCUT2D eigenvalue weighted by Crippen LogP contribution is 2.04. The Balaban J connectivity index is 3.99. The van der Waals surface area contributed by atoms with Gasteiger partial charge in [-0.15, -0.1) is 0 Å². The lowest BCUT2D eigenvalue weighted by molar-refractivity contribution is -0.215. The van der Waals surface area contributed by atoms with E-state index in [1.165, 1.54) is 0 Å². The fraction of sp³-hybridized carbons (Fsp3) is 1.00. The summed E-state index contributed by atoms with van der Waals surface area (Å²) in [6.07, 6.45) is -3.18. The van der Waals surface area contributed by atoms with Gasteiger partial charge in [0.05, 0.1) is 26.4 Å². The van der Waals surface area contributed by atoms with E-state index < -0.39 is 38.3 Å². The Morgan fingerprint density at radius 3 is 2.13 bits per heavy atom. The predicted octanol–water partition coefficient (Wildman–Crippen LogP) is -2.99. The van der Waals surface area contributed by atoms with Gasteiger partial charge in [-0.25, -0.2) is 0 Å². The second-order valence-electron chi connectivity index (χ2n) is 2.88. The molecule has 0 aromatic rings. The van der Waals surface area contributed by atoms with Crippen molar-refractivity contribution >= 4 is 0 Å². The van der Waals surface area contributed by atoms with Crippen molar-refractivity contribution in [2.45, 2.75) is 18.5 Å². The maximum absolute atomic E-state index is 9.19. The third-order valence-corrected chi connectivity index (χ3v) is 1.69. The third kappa shape index (κ3) is 6.00. The molecule has 0 spiro atoms. The van der Waals surface area contributed by atoms with Crippen LogP contribution in [-0.4, -0.2) is 71.9 Å². The molecule has 0 saturated heterocycles. The van der Waals surface area contributed by atoms with E-state index in [0.29, 0.717) is 0 Å². The van der Waals surface area contributed by atoms with E-state index in [4.69, 9.17) is 30.5 Å². The summed E-state index contributed by atoms with van der Waals surface area (Å²) in [7, 11) is 0. The molecular formula is C8H19NO6. The highest BCUT2D eigenvalue weighted by atomic mass is 16.7. The van der Waals surface area contributed by atoms with Crippen LogP contribution in [0.1, 0.15) is 0 Å². The second-order valence-corrected chi connectivity index (χ2v) is 2.88. The molecule has 3 unspecified atom stereocenters. The molecule has 7 heteroatoms. The van der Waals surface area contributed by atoms with Gasteiger partial charge in [0.15, 0.2) is 6.29 Å². The number of aliphatic hydroxyl groups is 4. The zero-order valence-corrected chi connectivity index (χ0v) is 8.45. The number of rotatable bonds is 9. The van der Waals surface area contributed by atoms with E-state index in [0.717, 1.165) is 0 Å². The third-order valence-electron chi connectivity index (χ3n) is 1.69. The fourth-order valence-corrected chi connectivity index (χ4v) is 0.902. The van der Waals surface area contributed by atoms with Crippen molar-refractivity contribution in [3.63, 3.8) is 0 Å². The largest absolute Gasteiger partial charge is 0.394 e. The van der Waals surface area contributed by atoms with Gasteiger partial charge in [-0.05, 0) is 0 Å². The molecule has 92 valence electrons. The SMILES string of the molecule is NCCOC(CO)OC(CO)C(O)CO. The van der Waals surface area contributed by atoms with Crippen molar-refractivity contribution < 1.29 is 29.9 Å². The predicted molar refractivity (Wildman–Crippen MR) is 50.9 cm³/mol. The average Bonchev–Trinajstić information content (AvgIpc) is 2.28. The normalized spacial score (nSPS) is 17.4. The van der Waals surface area contributed by atoms with E-state index in [1.807, 2.05) is 0 Å². The number of ether oxygens (including phenoxy) is 2. The summed E-state index contributed by atoms with van der Waals surface area (Å²) in [4.78, 5) is 0. The Labute approximate surface area is 88.0 Å². The summed E-state index contributed by atoms with van der Waals surface area (Å²) in [5.74, 6) is 0. The van der Waals surface area contributed by atoms with Gasteiger partial charge in [-0.2, -0.15) is 0 Å². The molecule has 0 fully saturated rings. The minimum atomic E-state index is -1.22. The van der Waals surface area contributed by atoms with Crippen LogP contribution in [0.2, 0.25) is 0 Å². The van der Waals surface area contributed by atoms with Crippen LogP contribution in [0.5, 0.6) is 0 Å².